The normalized spacial score (nSPS) is 18.7. The Bertz CT molecular complexity index is 889. The molecule has 1 fully saturated rings. The fourth-order valence-electron chi connectivity index (χ4n) is 3.22. The first-order chi connectivity index (χ1) is 12.2. The minimum atomic E-state index is -0.0151. The predicted molar refractivity (Wildman–Crippen MR) is 94.4 cm³/mol. The smallest absolute Gasteiger partial charge is 0.224 e. The van der Waals surface area contributed by atoms with Gasteiger partial charge in [0.05, 0.1) is 5.69 Å². The number of benzene rings is 2. The molecule has 0 unspecified atom stereocenters. The van der Waals surface area contributed by atoms with Crippen molar-refractivity contribution in [2.75, 3.05) is 0 Å². The van der Waals surface area contributed by atoms with E-state index in [9.17, 15) is 9.90 Å². The maximum absolute atomic E-state index is 12.4. The van der Waals surface area contributed by atoms with Crippen LogP contribution in [0.2, 0.25) is 0 Å². The third-order valence-corrected chi connectivity index (χ3v) is 4.62. The van der Waals surface area contributed by atoms with Crippen molar-refractivity contribution in [2.24, 2.45) is 5.92 Å². The number of aromatic nitrogens is 2. The first-order valence-corrected chi connectivity index (χ1v) is 8.37. The van der Waals surface area contributed by atoms with Gasteiger partial charge in [-0.25, -0.2) is 4.68 Å². The number of hydrogen-bond acceptors (Lipinski definition) is 3. The van der Waals surface area contributed by atoms with Crippen LogP contribution < -0.4 is 5.32 Å². The summed E-state index contributed by atoms with van der Waals surface area (Å²) in [4.78, 5) is 12.4. The molecule has 2 aromatic carbocycles. The molecule has 0 aliphatic heterocycles. The number of rotatable bonds is 5. The predicted octanol–water partition coefficient (Wildman–Crippen LogP) is 3.00. The molecule has 25 heavy (non-hydrogen) atoms. The second-order valence-corrected chi connectivity index (χ2v) is 6.34. The average Bonchev–Trinajstić information content (AvgIpc) is 3.25. The molecule has 5 nitrogen and oxygen atoms in total. The molecule has 0 spiro atoms. The van der Waals surface area contributed by atoms with E-state index in [2.05, 4.69) is 10.4 Å². The molecule has 0 radical (unpaired) electrons. The van der Waals surface area contributed by atoms with E-state index in [1.807, 2.05) is 48.7 Å². The molecule has 1 amide bonds. The van der Waals surface area contributed by atoms with Gasteiger partial charge in [0.2, 0.25) is 5.91 Å². The van der Waals surface area contributed by atoms with E-state index in [-0.39, 0.29) is 23.5 Å². The summed E-state index contributed by atoms with van der Waals surface area (Å²) in [5, 5.41) is 16.9. The number of para-hydroxylation sites is 1. The Hall–Kier alpha value is -3.08. The number of hydrogen-bond donors (Lipinski definition) is 2. The molecule has 1 saturated carbocycles. The van der Waals surface area contributed by atoms with Crippen molar-refractivity contribution in [3.63, 3.8) is 0 Å². The van der Waals surface area contributed by atoms with Gasteiger partial charge in [-0.05, 0) is 47.7 Å². The standard InChI is InChI=1S/C20H19N3O2/c24-16-7-3-6-14(11-16)17-12-18(17)20(25)21-13-15-5-1-2-8-19(15)23-10-4-9-22-23/h1-11,17-18,24H,12-13H2,(H,21,25)/t17-,18-/m1/s1. The number of nitrogens with one attached hydrogen (secondary N) is 1. The van der Waals surface area contributed by atoms with E-state index in [0.29, 0.717) is 6.54 Å². The summed E-state index contributed by atoms with van der Waals surface area (Å²) < 4.78 is 1.80. The fraction of sp³-hybridized carbons (Fsp3) is 0.200. The summed E-state index contributed by atoms with van der Waals surface area (Å²) >= 11 is 0. The fourth-order valence-corrected chi connectivity index (χ4v) is 3.22. The van der Waals surface area contributed by atoms with E-state index in [4.69, 9.17) is 0 Å². The third-order valence-electron chi connectivity index (χ3n) is 4.62. The number of phenols is 1. The highest BCUT2D eigenvalue weighted by atomic mass is 16.3. The Morgan fingerprint density at radius 2 is 2.08 bits per heavy atom. The second kappa shape index (κ2) is 6.43. The summed E-state index contributed by atoms with van der Waals surface area (Å²) in [6.45, 7) is 0.470. The van der Waals surface area contributed by atoms with E-state index >= 15 is 0 Å². The first kappa shape index (κ1) is 15.4. The summed E-state index contributed by atoms with van der Waals surface area (Å²) in [6, 6.07) is 16.9. The van der Waals surface area contributed by atoms with Gasteiger partial charge in [-0.3, -0.25) is 4.79 Å². The molecular formula is C20H19N3O2. The second-order valence-electron chi connectivity index (χ2n) is 6.34. The molecule has 1 aliphatic carbocycles. The van der Waals surface area contributed by atoms with Crippen LogP contribution in [0, 0.1) is 5.92 Å². The van der Waals surface area contributed by atoms with Crippen molar-refractivity contribution >= 4 is 5.91 Å². The average molecular weight is 333 g/mol. The largest absolute Gasteiger partial charge is 0.508 e. The molecule has 2 N–H and O–H groups in total. The van der Waals surface area contributed by atoms with E-state index in [1.165, 1.54) is 0 Å². The van der Waals surface area contributed by atoms with Crippen LogP contribution in [0.3, 0.4) is 0 Å². The van der Waals surface area contributed by atoms with Crippen LogP contribution in [0.1, 0.15) is 23.5 Å². The zero-order valence-corrected chi connectivity index (χ0v) is 13.7. The van der Waals surface area contributed by atoms with Gasteiger partial charge in [0.1, 0.15) is 5.75 Å². The van der Waals surface area contributed by atoms with E-state index < -0.39 is 0 Å². The lowest BCUT2D eigenvalue weighted by atomic mass is 10.1. The van der Waals surface area contributed by atoms with Crippen LogP contribution in [-0.2, 0) is 11.3 Å². The summed E-state index contributed by atoms with van der Waals surface area (Å²) in [6.07, 6.45) is 4.45. The van der Waals surface area contributed by atoms with Crippen LogP contribution in [0.5, 0.6) is 5.75 Å². The highest BCUT2D eigenvalue weighted by Crippen LogP contribution is 2.48. The topological polar surface area (TPSA) is 67.2 Å². The van der Waals surface area contributed by atoms with E-state index in [0.717, 1.165) is 23.2 Å². The van der Waals surface area contributed by atoms with Crippen molar-refractivity contribution in [1.29, 1.82) is 0 Å². The maximum atomic E-state index is 12.4. The molecule has 0 saturated heterocycles. The first-order valence-electron chi connectivity index (χ1n) is 8.37. The lowest BCUT2D eigenvalue weighted by molar-refractivity contribution is -0.122. The Morgan fingerprint density at radius 1 is 1.20 bits per heavy atom. The zero-order valence-electron chi connectivity index (χ0n) is 13.7. The number of phenolic OH excluding ortho intramolecular Hbond substituents is 1. The molecular weight excluding hydrogens is 314 g/mol. The van der Waals surface area contributed by atoms with Crippen LogP contribution in [0.4, 0.5) is 0 Å². The van der Waals surface area contributed by atoms with Gasteiger partial charge in [-0.1, -0.05) is 30.3 Å². The summed E-state index contributed by atoms with van der Waals surface area (Å²) in [7, 11) is 0. The van der Waals surface area contributed by atoms with Gasteiger partial charge in [-0.15, -0.1) is 0 Å². The van der Waals surface area contributed by atoms with E-state index in [1.54, 1.807) is 23.0 Å². The highest BCUT2D eigenvalue weighted by Gasteiger charge is 2.43. The number of carbonyl (C=O) groups excluding carboxylic acids is 1. The maximum Gasteiger partial charge on any atom is 0.224 e. The van der Waals surface area contributed by atoms with Crippen LogP contribution in [-0.4, -0.2) is 20.8 Å². The number of aromatic hydroxyl groups is 1. The molecule has 2 atom stereocenters. The molecule has 4 rings (SSSR count). The Balaban J connectivity index is 1.41. The van der Waals surface area contributed by atoms with Crippen LogP contribution >= 0.6 is 0 Å². The summed E-state index contributed by atoms with van der Waals surface area (Å²) in [5.41, 5.74) is 3.01. The molecule has 0 bridgehead atoms. The van der Waals surface area contributed by atoms with Crippen molar-refractivity contribution in [2.45, 2.75) is 18.9 Å². The molecule has 126 valence electrons. The van der Waals surface area contributed by atoms with Gasteiger partial charge in [0.25, 0.3) is 0 Å². The molecule has 1 aliphatic rings. The Labute approximate surface area is 145 Å². The molecule has 5 heteroatoms. The molecule has 1 aromatic heterocycles. The Morgan fingerprint density at radius 3 is 2.88 bits per heavy atom. The van der Waals surface area contributed by atoms with Gasteiger partial charge in [-0.2, -0.15) is 5.10 Å². The minimum absolute atomic E-state index is 0.0151. The van der Waals surface area contributed by atoms with Crippen LogP contribution in [0.15, 0.2) is 67.0 Å². The van der Waals surface area contributed by atoms with Crippen LogP contribution in [0.25, 0.3) is 5.69 Å². The monoisotopic (exact) mass is 333 g/mol. The lowest BCUT2D eigenvalue weighted by Crippen LogP contribution is -2.25. The zero-order chi connectivity index (χ0) is 17.2. The number of nitrogens with zero attached hydrogens (tertiary/aromatic N) is 2. The van der Waals surface area contributed by atoms with Crippen molar-refractivity contribution in [3.05, 3.63) is 78.1 Å². The minimum Gasteiger partial charge on any atom is -0.508 e. The number of amides is 1. The third kappa shape index (κ3) is 3.26. The van der Waals surface area contributed by atoms with Crippen molar-refractivity contribution < 1.29 is 9.90 Å². The molecule has 1 heterocycles. The summed E-state index contributed by atoms with van der Waals surface area (Å²) in [5.74, 6) is 0.493. The lowest BCUT2D eigenvalue weighted by Gasteiger charge is -2.11. The van der Waals surface area contributed by atoms with Gasteiger partial charge in [0.15, 0.2) is 0 Å². The number of carbonyl (C=O) groups is 1. The molecule has 3 aromatic rings. The highest BCUT2D eigenvalue weighted by molar-refractivity contribution is 5.83. The van der Waals surface area contributed by atoms with Crippen molar-refractivity contribution in [1.82, 2.24) is 15.1 Å². The van der Waals surface area contributed by atoms with Gasteiger partial charge >= 0.3 is 0 Å². The van der Waals surface area contributed by atoms with Gasteiger partial charge < -0.3 is 10.4 Å². The van der Waals surface area contributed by atoms with Crippen molar-refractivity contribution in [3.8, 4) is 11.4 Å². The Kier molecular flexibility index (Phi) is 3.98. The SMILES string of the molecule is O=C(NCc1ccccc1-n1cccn1)[C@@H]1C[C@@H]1c1cccc(O)c1. The van der Waals surface area contributed by atoms with Gasteiger partial charge in [0, 0.05) is 24.9 Å². The quantitative estimate of drug-likeness (QED) is 0.754.